The Balaban J connectivity index is 1.67. The van der Waals surface area contributed by atoms with E-state index in [2.05, 4.69) is 10.1 Å². The molecule has 0 saturated heterocycles. The molecule has 0 saturated carbocycles. The Morgan fingerprint density at radius 3 is 2.17 bits per heavy atom. The highest BCUT2D eigenvalue weighted by Gasteiger charge is 2.42. The zero-order chi connectivity index (χ0) is 26.4. The molecular formula is C23H15F7N4O2. The molecular weight excluding hydrogens is 497 g/mol. The van der Waals surface area contributed by atoms with Crippen LogP contribution in [-0.4, -0.2) is 27.8 Å². The van der Waals surface area contributed by atoms with Gasteiger partial charge in [0.25, 0.3) is 0 Å². The number of aryl methyl sites for hydroxylation is 1. The van der Waals surface area contributed by atoms with Crippen LogP contribution in [0.4, 0.5) is 36.4 Å². The molecule has 0 aliphatic heterocycles. The highest BCUT2D eigenvalue weighted by Crippen LogP contribution is 2.38. The molecule has 36 heavy (non-hydrogen) atoms. The summed E-state index contributed by atoms with van der Waals surface area (Å²) >= 11 is 0. The molecule has 0 atom stereocenters. The smallest absolute Gasteiger partial charge is 0.422 e. The van der Waals surface area contributed by atoms with Gasteiger partial charge < -0.3 is 10.1 Å². The Morgan fingerprint density at radius 1 is 1.00 bits per heavy atom. The number of nitrogens with one attached hydrogen (secondary N) is 1. The van der Waals surface area contributed by atoms with Crippen LogP contribution < -0.4 is 10.1 Å². The van der Waals surface area contributed by atoms with Crippen LogP contribution in [0.1, 0.15) is 11.3 Å². The van der Waals surface area contributed by atoms with Crippen LogP contribution in [0.25, 0.3) is 22.2 Å². The fourth-order valence-electron chi connectivity index (χ4n) is 3.71. The first-order valence-corrected chi connectivity index (χ1v) is 10.1. The number of aromatic nitrogens is 3. The number of nitrogens with zero attached hydrogens (tertiary/aromatic N) is 3. The van der Waals surface area contributed by atoms with Gasteiger partial charge >= 0.3 is 6.18 Å². The zero-order valence-corrected chi connectivity index (χ0v) is 18.5. The van der Waals surface area contributed by atoms with Crippen LogP contribution in [0, 0.1) is 30.2 Å². The van der Waals surface area contributed by atoms with Crippen LogP contribution in [0.5, 0.6) is 5.75 Å². The van der Waals surface area contributed by atoms with E-state index in [-0.39, 0.29) is 5.65 Å². The lowest BCUT2D eigenvalue weighted by molar-refractivity contribution is -0.143. The second-order valence-electron chi connectivity index (χ2n) is 7.58. The van der Waals surface area contributed by atoms with E-state index >= 15 is 0 Å². The van der Waals surface area contributed by atoms with Gasteiger partial charge in [-0.05, 0) is 36.2 Å². The van der Waals surface area contributed by atoms with Crippen molar-refractivity contribution < 1.29 is 40.3 Å². The molecule has 0 spiro atoms. The molecule has 0 radical (unpaired) electrons. The van der Waals surface area contributed by atoms with Crippen molar-refractivity contribution in [1.29, 1.82) is 0 Å². The maximum absolute atomic E-state index is 14.1. The molecule has 6 nitrogen and oxygen atoms in total. The van der Waals surface area contributed by atoms with Gasteiger partial charge in [0.05, 0.1) is 12.8 Å². The average molecular weight is 512 g/mol. The number of pyridine rings is 1. The number of carbonyl (C=O) groups excluding carboxylic acids is 1. The summed E-state index contributed by atoms with van der Waals surface area (Å²) in [4.78, 5) is 16.6. The van der Waals surface area contributed by atoms with Crippen LogP contribution in [0.3, 0.4) is 0 Å². The number of amides is 1. The Kier molecular flexibility index (Phi) is 6.33. The van der Waals surface area contributed by atoms with Gasteiger partial charge in [-0.1, -0.05) is 12.1 Å². The number of fused-ring (bicyclic) bond motifs is 1. The van der Waals surface area contributed by atoms with Crippen molar-refractivity contribution in [2.24, 2.45) is 0 Å². The first kappa shape index (κ1) is 24.9. The van der Waals surface area contributed by atoms with Crippen molar-refractivity contribution in [2.45, 2.75) is 19.6 Å². The maximum Gasteiger partial charge on any atom is 0.422 e. The lowest BCUT2D eigenvalue weighted by atomic mass is 10.0. The topological polar surface area (TPSA) is 69.0 Å². The second kappa shape index (κ2) is 9.13. The fourth-order valence-corrected chi connectivity index (χ4v) is 3.71. The SMILES string of the molecule is COc1ccc(-c2ccnc3c2c(C)nn3CC(=O)Nc2c(F)c(F)c(C(F)(F)F)c(F)c2F)cc1. The van der Waals surface area contributed by atoms with Crippen molar-refractivity contribution >= 4 is 22.6 Å². The Labute approximate surface area is 198 Å². The largest absolute Gasteiger partial charge is 0.497 e. The fraction of sp³-hybridized carbons (Fsp3) is 0.174. The monoisotopic (exact) mass is 512 g/mol. The van der Waals surface area contributed by atoms with E-state index in [1.54, 1.807) is 42.6 Å². The number of rotatable bonds is 5. The molecule has 2 heterocycles. The van der Waals surface area contributed by atoms with E-state index in [1.165, 1.54) is 13.3 Å². The minimum Gasteiger partial charge on any atom is -0.497 e. The molecule has 2 aromatic heterocycles. The van der Waals surface area contributed by atoms with Gasteiger partial charge in [0.2, 0.25) is 5.91 Å². The molecule has 13 heteroatoms. The molecule has 0 aliphatic rings. The molecule has 4 aromatic rings. The number of hydrogen-bond donors (Lipinski definition) is 1. The summed E-state index contributed by atoms with van der Waals surface area (Å²) in [7, 11) is 1.52. The molecule has 0 fully saturated rings. The summed E-state index contributed by atoms with van der Waals surface area (Å²) in [5.74, 6) is -10.7. The van der Waals surface area contributed by atoms with Gasteiger partial charge in [-0.3, -0.25) is 4.79 Å². The first-order chi connectivity index (χ1) is 16.9. The van der Waals surface area contributed by atoms with Crippen LogP contribution in [0.15, 0.2) is 36.5 Å². The average Bonchev–Trinajstić information content (AvgIpc) is 3.15. The minimum atomic E-state index is -5.70. The summed E-state index contributed by atoms with van der Waals surface area (Å²) in [6.45, 7) is 0.915. The number of anilines is 1. The number of carbonyl (C=O) groups is 1. The number of halogens is 7. The van der Waals surface area contributed by atoms with E-state index in [1.807, 2.05) is 0 Å². The molecule has 4 rings (SSSR count). The molecule has 0 unspecified atom stereocenters. The summed E-state index contributed by atoms with van der Waals surface area (Å²) in [5.41, 5.74) is -2.30. The highest BCUT2D eigenvalue weighted by atomic mass is 19.4. The molecule has 2 aromatic carbocycles. The molecule has 1 amide bonds. The third kappa shape index (κ3) is 4.32. The number of methoxy groups -OCH3 is 1. The van der Waals surface area contributed by atoms with E-state index in [0.29, 0.717) is 22.4 Å². The number of benzene rings is 2. The van der Waals surface area contributed by atoms with Crippen molar-refractivity contribution in [3.8, 4) is 16.9 Å². The van der Waals surface area contributed by atoms with Gasteiger partial charge in [0, 0.05) is 11.6 Å². The van der Waals surface area contributed by atoms with Crippen molar-refractivity contribution in [1.82, 2.24) is 14.8 Å². The third-order valence-corrected chi connectivity index (χ3v) is 5.31. The Hall–Kier alpha value is -4.16. The van der Waals surface area contributed by atoms with E-state index in [9.17, 15) is 35.5 Å². The summed E-state index contributed by atoms with van der Waals surface area (Å²) in [6, 6.07) is 8.76. The second-order valence-corrected chi connectivity index (χ2v) is 7.58. The summed E-state index contributed by atoms with van der Waals surface area (Å²) in [6.07, 6.45) is -4.26. The summed E-state index contributed by atoms with van der Waals surface area (Å²) < 4.78 is 101. The summed E-state index contributed by atoms with van der Waals surface area (Å²) in [5, 5.41) is 6.34. The highest BCUT2D eigenvalue weighted by molar-refractivity contribution is 5.96. The maximum atomic E-state index is 14.1. The number of alkyl halides is 3. The van der Waals surface area contributed by atoms with Crippen LogP contribution >= 0.6 is 0 Å². The molecule has 1 N–H and O–H groups in total. The zero-order valence-electron chi connectivity index (χ0n) is 18.5. The van der Waals surface area contributed by atoms with Gasteiger partial charge in [0.15, 0.2) is 28.9 Å². The Morgan fingerprint density at radius 2 is 1.61 bits per heavy atom. The lowest BCUT2D eigenvalue weighted by Gasteiger charge is -2.14. The predicted octanol–water partition coefficient (Wildman–Crippen LogP) is 5.63. The molecule has 0 aliphatic carbocycles. The minimum absolute atomic E-state index is 0.210. The van der Waals surface area contributed by atoms with E-state index in [0.717, 1.165) is 10.2 Å². The lowest BCUT2D eigenvalue weighted by Crippen LogP contribution is -2.23. The van der Waals surface area contributed by atoms with Gasteiger partial charge in [-0.2, -0.15) is 18.3 Å². The van der Waals surface area contributed by atoms with E-state index in [4.69, 9.17) is 4.74 Å². The Bertz CT molecular complexity index is 1450. The number of ether oxygens (including phenoxy) is 1. The predicted molar refractivity (Wildman–Crippen MR) is 114 cm³/mol. The standard InChI is InChI=1S/C23H15F7N4O2/c1-10-15-13(11-3-5-12(36-2)6-4-11)7-8-31-22(15)34(33-10)9-14(35)32-21-19(26)17(24)16(23(28,29)30)18(25)20(21)27/h3-8H,9H2,1-2H3,(H,32,35). The first-order valence-electron chi connectivity index (χ1n) is 10.1. The third-order valence-electron chi connectivity index (χ3n) is 5.31. The van der Waals surface area contributed by atoms with Crippen molar-refractivity contribution in [3.05, 3.63) is 71.1 Å². The quantitative estimate of drug-likeness (QED) is 0.278. The number of hydrogen-bond acceptors (Lipinski definition) is 4. The van der Waals surface area contributed by atoms with Gasteiger partial charge in [-0.15, -0.1) is 0 Å². The van der Waals surface area contributed by atoms with Gasteiger partial charge in [-0.25, -0.2) is 27.2 Å². The van der Waals surface area contributed by atoms with Crippen LogP contribution in [-0.2, 0) is 17.5 Å². The van der Waals surface area contributed by atoms with Crippen molar-refractivity contribution in [3.63, 3.8) is 0 Å². The van der Waals surface area contributed by atoms with E-state index < -0.39 is 53.1 Å². The molecule has 188 valence electrons. The van der Waals surface area contributed by atoms with Gasteiger partial charge in [0.1, 0.15) is 23.5 Å². The normalized spacial score (nSPS) is 11.7. The van der Waals surface area contributed by atoms with Crippen LogP contribution in [0.2, 0.25) is 0 Å². The molecule has 0 bridgehead atoms. The van der Waals surface area contributed by atoms with Crippen molar-refractivity contribution in [2.75, 3.05) is 12.4 Å².